The first-order valence-electron chi connectivity index (χ1n) is 12.4. The van der Waals surface area contributed by atoms with Crippen molar-refractivity contribution in [2.75, 3.05) is 0 Å². The number of rotatable bonds is 0. The van der Waals surface area contributed by atoms with E-state index in [9.17, 15) is 0 Å². The third kappa shape index (κ3) is 2.25. The van der Waals surface area contributed by atoms with Crippen LogP contribution < -0.4 is 0 Å². The normalized spacial score (nSPS) is 53.0. The van der Waals surface area contributed by atoms with Gasteiger partial charge in [0.2, 0.25) is 0 Å². The molecule has 0 heteroatoms. The van der Waals surface area contributed by atoms with E-state index < -0.39 is 0 Å². The Hall–Kier alpha value is 0. The van der Waals surface area contributed by atoms with Gasteiger partial charge < -0.3 is 0 Å². The van der Waals surface area contributed by atoms with Crippen molar-refractivity contribution in [1.29, 1.82) is 0 Å². The molecule has 0 radical (unpaired) electrons. The summed E-state index contributed by atoms with van der Waals surface area (Å²) < 4.78 is 0. The molecular weight excluding hydrogens is 336 g/mol. The van der Waals surface area contributed by atoms with E-state index in [-0.39, 0.29) is 0 Å². The van der Waals surface area contributed by atoms with Crippen LogP contribution in [0.25, 0.3) is 0 Å². The Labute approximate surface area is 177 Å². The first-order chi connectivity index (χ1) is 12.4. The zero-order valence-electron chi connectivity index (χ0n) is 21.2. The topological polar surface area (TPSA) is 0 Å². The maximum Gasteiger partial charge on any atom is -0.0235 e. The summed E-state index contributed by atoms with van der Waals surface area (Å²) in [6, 6.07) is 0. The average Bonchev–Trinajstić information content (AvgIpc) is 2.65. The third-order valence-corrected chi connectivity index (χ3v) is 13.4. The van der Waals surface area contributed by atoms with Crippen LogP contribution in [0.2, 0.25) is 0 Å². The van der Waals surface area contributed by atoms with Gasteiger partial charge in [-0.3, -0.25) is 0 Å². The van der Waals surface area contributed by atoms with E-state index in [0.29, 0.717) is 37.9 Å². The predicted octanol–water partition coefficient (Wildman–Crippen LogP) is 8.74. The van der Waals surface area contributed by atoms with Crippen molar-refractivity contribution in [2.24, 2.45) is 55.7 Å². The largest absolute Gasteiger partial charge is 0.0594 e. The monoisotopic (exact) mass is 386 g/mol. The first kappa shape index (κ1) is 21.2. The van der Waals surface area contributed by atoms with Gasteiger partial charge in [0.25, 0.3) is 0 Å². The lowest BCUT2D eigenvalue weighted by atomic mass is 9.35. The average molecular weight is 387 g/mol. The Kier molecular flexibility index (Phi) is 4.12. The minimum atomic E-state index is 0.443. The van der Waals surface area contributed by atoms with E-state index in [2.05, 4.69) is 76.2 Å². The van der Waals surface area contributed by atoms with Crippen LogP contribution in [0.15, 0.2) is 0 Å². The summed E-state index contributed by atoms with van der Waals surface area (Å²) in [6.45, 7) is 28.8. The molecule has 4 rings (SSSR count). The second kappa shape index (κ2) is 5.43. The summed E-state index contributed by atoms with van der Waals surface area (Å²) in [5.41, 5.74) is 3.40. The van der Waals surface area contributed by atoms with Gasteiger partial charge in [-0.1, -0.05) is 76.2 Å². The second-order valence-corrected chi connectivity index (χ2v) is 15.2. The van der Waals surface area contributed by atoms with Crippen molar-refractivity contribution in [3.8, 4) is 0 Å². The van der Waals surface area contributed by atoms with Gasteiger partial charge in [-0.05, 0) is 101 Å². The molecule has 0 bridgehead atoms. The minimum absolute atomic E-state index is 0.443. The molecule has 0 N–H and O–H groups in total. The fraction of sp³-hybridized carbons (Fsp3) is 1.00. The van der Waals surface area contributed by atoms with Gasteiger partial charge in [0.05, 0.1) is 0 Å². The Balaban J connectivity index is 1.74. The highest BCUT2D eigenvalue weighted by Crippen LogP contribution is 2.78. The molecule has 0 heterocycles. The predicted molar refractivity (Wildman–Crippen MR) is 122 cm³/mol. The quantitative estimate of drug-likeness (QED) is 0.390. The molecule has 0 aliphatic heterocycles. The summed E-state index contributed by atoms with van der Waals surface area (Å²) in [5.74, 6) is 2.86. The highest BCUT2D eigenvalue weighted by molar-refractivity contribution is 5.19. The number of hydrogen-bond acceptors (Lipinski definition) is 0. The van der Waals surface area contributed by atoms with Gasteiger partial charge in [0.1, 0.15) is 0 Å². The lowest BCUT2D eigenvalue weighted by molar-refractivity contribution is -0.209. The summed E-state index contributed by atoms with van der Waals surface area (Å²) in [7, 11) is 0. The fourth-order valence-electron chi connectivity index (χ4n) is 9.76. The van der Waals surface area contributed by atoms with Gasteiger partial charge in [-0.2, -0.15) is 0 Å². The number of hydrogen-bond donors (Lipinski definition) is 0. The smallest absolute Gasteiger partial charge is 0.0235 e. The van der Waals surface area contributed by atoms with E-state index in [4.69, 9.17) is 0 Å². The summed E-state index contributed by atoms with van der Waals surface area (Å²) in [5, 5.41) is 0. The van der Waals surface area contributed by atoms with Crippen molar-refractivity contribution in [3.63, 3.8) is 0 Å². The molecule has 0 aromatic heterocycles. The van der Waals surface area contributed by atoms with E-state index >= 15 is 0 Å². The van der Waals surface area contributed by atoms with Gasteiger partial charge in [0, 0.05) is 0 Å². The Morgan fingerprint density at radius 1 is 0.536 bits per heavy atom. The molecule has 6 unspecified atom stereocenters. The molecule has 0 aromatic rings. The molecule has 0 saturated heterocycles. The SMILES string of the molecule is CC1(C)CC2(C)CCC3C(CCC4(C)C3CC(C)(C)C4(C)C)C2(C)CC1(C)C. The van der Waals surface area contributed by atoms with Gasteiger partial charge in [-0.15, -0.1) is 0 Å². The molecule has 0 spiro atoms. The fourth-order valence-corrected chi connectivity index (χ4v) is 9.76. The van der Waals surface area contributed by atoms with Gasteiger partial charge in [0.15, 0.2) is 0 Å². The molecule has 0 amide bonds. The number of fused-ring (bicyclic) bond motifs is 5. The maximum absolute atomic E-state index is 2.74. The molecule has 4 aliphatic carbocycles. The zero-order chi connectivity index (χ0) is 21.2. The highest BCUT2D eigenvalue weighted by Gasteiger charge is 2.70. The van der Waals surface area contributed by atoms with Crippen LogP contribution in [-0.2, 0) is 0 Å². The van der Waals surface area contributed by atoms with Crippen LogP contribution in [0.3, 0.4) is 0 Å². The van der Waals surface area contributed by atoms with Crippen LogP contribution in [0.5, 0.6) is 0 Å². The maximum atomic E-state index is 2.74. The summed E-state index contributed by atoms with van der Waals surface area (Å²) in [6.07, 6.45) is 10.2. The van der Waals surface area contributed by atoms with Crippen LogP contribution in [-0.4, -0.2) is 0 Å². The standard InChI is InChI=1S/C28H50/c1-22(2)16-21-19-12-14-26(9)17-23(3,4)24(5,6)18-28(26,11)20(19)13-15-27(21,10)25(22,7)8/h19-21H,12-18H2,1-11H3. The summed E-state index contributed by atoms with van der Waals surface area (Å²) >= 11 is 0. The van der Waals surface area contributed by atoms with Gasteiger partial charge >= 0.3 is 0 Å². The van der Waals surface area contributed by atoms with Crippen LogP contribution in [0, 0.1) is 55.7 Å². The first-order valence-corrected chi connectivity index (χ1v) is 12.4. The van der Waals surface area contributed by atoms with E-state index in [1.807, 2.05) is 0 Å². The summed E-state index contributed by atoms with van der Waals surface area (Å²) in [4.78, 5) is 0. The van der Waals surface area contributed by atoms with Gasteiger partial charge in [-0.25, -0.2) is 0 Å². The van der Waals surface area contributed by atoms with E-state index in [1.165, 1.54) is 44.9 Å². The van der Waals surface area contributed by atoms with Crippen molar-refractivity contribution >= 4 is 0 Å². The van der Waals surface area contributed by atoms with Crippen molar-refractivity contribution in [3.05, 3.63) is 0 Å². The van der Waals surface area contributed by atoms with Crippen LogP contribution >= 0.6 is 0 Å². The molecule has 0 aromatic carbocycles. The third-order valence-electron chi connectivity index (χ3n) is 13.4. The molecule has 4 aliphatic rings. The molecule has 4 fully saturated rings. The molecular formula is C28H50. The molecule has 6 atom stereocenters. The molecule has 162 valence electrons. The molecule has 0 nitrogen and oxygen atoms in total. The van der Waals surface area contributed by atoms with Crippen LogP contribution in [0.1, 0.15) is 121 Å². The van der Waals surface area contributed by atoms with Crippen molar-refractivity contribution in [1.82, 2.24) is 0 Å². The molecule has 4 saturated carbocycles. The lowest BCUT2D eigenvalue weighted by Crippen LogP contribution is -2.62. The van der Waals surface area contributed by atoms with E-state index in [1.54, 1.807) is 0 Å². The van der Waals surface area contributed by atoms with Crippen molar-refractivity contribution < 1.29 is 0 Å². The minimum Gasteiger partial charge on any atom is -0.0594 e. The van der Waals surface area contributed by atoms with E-state index in [0.717, 1.165) is 17.8 Å². The zero-order valence-corrected chi connectivity index (χ0v) is 21.2. The molecule has 28 heavy (non-hydrogen) atoms. The highest BCUT2D eigenvalue weighted by atomic mass is 14.7. The Bertz CT molecular complexity index is 664. The van der Waals surface area contributed by atoms with Crippen LogP contribution in [0.4, 0.5) is 0 Å². The second-order valence-electron chi connectivity index (χ2n) is 15.2. The lowest BCUT2D eigenvalue weighted by Gasteiger charge is -2.70. The van der Waals surface area contributed by atoms with Crippen molar-refractivity contribution in [2.45, 2.75) is 121 Å². The Morgan fingerprint density at radius 2 is 1.11 bits per heavy atom. The Morgan fingerprint density at radius 3 is 1.71 bits per heavy atom.